The van der Waals surface area contributed by atoms with Crippen LogP contribution < -0.4 is 5.32 Å². The molecule has 1 saturated carbocycles. The van der Waals surface area contributed by atoms with E-state index >= 15 is 0 Å². The first kappa shape index (κ1) is 17.2. The van der Waals surface area contributed by atoms with Gasteiger partial charge in [-0.1, -0.05) is 33.6 Å². The van der Waals surface area contributed by atoms with Crippen LogP contribution in [-0.2, 0) is 0 Å². The Bertz CT molecular complexity index is 306. The second-order valence-corrected chi connectivity index (χ2v) is 7.50. The van der Waals surface area contributed by atoms with Crippen LogP contribution in [0.2, 0.25) is 0 Å². The molecule has 0 bridgehead atoms. The summed E-state index contributed by atoms with van der Waals surface area (Å²) in [7, 11) is 0. The van der Waals surface area contributed by atoms with E-state index in [1.807, 2.05) is 0 Å². The van der Waals surface area contributed by atoms with Crippen molar-refractivity contribution in [3.8, 4) is 0 Å². The van der Waals surface area contributed by atoms with E-state index < -0.39 is 0 Å². The molecule has 2 N–H and O–H groups in total. The molecule has 2 rings (SSSR count). The molecule has 3 heteroatoms. The number of hydrogen-bond donors (Lipinski definition) is 2. The van der Waals surface area contributed by atoms with Crippen LogP contribution in [0.4, 0.5) is 0 Å². The zero-order valence-electron chi connectivity index (χ0n) is 14.5. The van der Waals surface area contributed by atoms with E-state index in [1.165, 1.54) is 45.2 Å². The van der Waals surface area contributed by atoms with Gasteiger partial charge in [-0.25, -0.2) is 0 Å². The highest BCUT2D eigenvalue weighted by atomic mass is 16.3. The molecule has 0 amide bonds. The number of hydrogen-bond acceptors (Lipinski definition) is 3. The standard InChI is InChI=1S/C18H36N2O/c1-4-11-19-18(15-21)8-7-16(14-18)20-12-9-17(5-2,6-3)10-13-20/h16,19,21H,4-15H2,1-3H3. The lowest BCUT2D eigenvalue weighted by atomic mass is 9.74. The minimum absolute atomic E-state index is 0.00469. The third-order valence-corrected chi connectivity index (χ3v) is 6.51. The highest BCUT2D eigenvalue weighted by Crippen LogP contribution is 2.41. The number of piperidine rings is 1. The highest BCUT2D eigenvalue weighted by molar-refractivity contribution is 5.00. The lowest BCUT2D eigenvalue weighted by Crippen LogP contribution is -2.49. The third-order valence-electron chi connectivity index (χ3n) is 6.51. The van der Waals surface area contributed by atoms with Gasteiger partial charge in [-0.05, 0) is 63.6 Å². The van der Waals surface area contributed by atoms with Gasteiger partial charge in [-0.2, -0.15) is 0 Å². The van der Waals surface area contributed by atoms with Crippen LogP contribution >= 0.6 is 0 Å². The van der Waals surface area contributed by atoms with E-state index in [0.29, 0.717) is 18.1 Å². The summed E-state index contributed by atoms with van der Waals surface area (Å²) in [6.45, 7) is 10.8. The molecule has 0 spiro atoms. The lowest BCUT2D eigenvalue weighted by molar-refractivity contribution is 0.0619. The monoisotopic (exact) mass is 296 g/mol. The smallest absolute Gasteiger partial charge is 0.0613 e. The van der Waals surface area contributed by atoms with Crippen LogP contribution in [-0.4, -0.2) is 47.8 Å². The molecule has 2 unspecified atom stereocenters. The molecule has 0 aromatic rings. The maximum atomic E-state index is 9.84. The van der Waals surface area contributed by atoms with E-state index in [2.05, 4.69) is 31.0 Å². The van der Waals surface area contributed by atoms with Gasteiger partial charge in [0.15, 0.2) is 0 Å². The van der Waals surface area contributed by atoms with E-state index in [1.54, 1.807) is 0 Å². The normalized spacial score (nSPS) is 33.4. The molecule has 124 valence electrons. The molecular formula is C18H36N2O. The number of nitrogens with one attached hydrogen (secondary N) is 1. The van der Waals surface area contributed by atoms with Crippen LogP contribution in [0.25, 0.3) is 0 Å². The van der Waals surface area contributed by atoms with Crippen molar-refractivity contribution in [2.75, 3.05) is 26.2 Å². The van der Waals surface area contributed by atoms with Gasteiger partial charge in [0.05, 0.1) is 6.61 Å². The van der Waals surface area contributed by atoms with Crippen molar-refractivity contribution >= 4 is 0 Å². The van der Waals surface area contributed by atoms with Crippen molar-refractivity contribution in [1.82, 2.24) is 10.2 Å². The molecule has 0 aromatic heterocycles. The number of aliphatic hydroxyl groups excluding tert-OH is 1. The van der Waals surface area contributed by atoms with Crippen molar-refractivity contribution in [2.24, 2.45) is 5.41 Å². The van der Waals surface area contributed by atoms with Gasteiger partial charge >= 0.3 is 0 Å². The van der Waals surface area contributed by atoms with Crippen LogP contribution in [0.1, 0.15) is 72.1 Å². The predicted octanol–water partition coefficient (Wildman–Crippen LogP) is 3.17. The maximum absolute atomic E-state index is 9.84. The molecule has 0 aromatic carbocycles. The van der Waals surface area contributed by atoms with Gasteiger partial charge in [0, 0.05) is 11.6 Å². The van der Waals surface area contributed by atoms with Crippen LogP contribution in [0.3, 0.4) is 0 Å². The summed E-state index contributed by atoms with van der Waals surface area (Å²) in [6.07, 6.45) is 10.1. The minimum Gasteiger partial charge on any atom is -0.394 e. The summed E-state index contributed by atoms with van der Waals surface area (Å²) >= 11 is 0. The number of rotatable bonds is 7. The van der Waals surface area contributed by atoms with Crippen LogP contribution in [0, 0.1) is 5.41 Å². The van der Waals surface area contributed by atoms with Crippen LogP contribution in [0.15, 0.2) is 0 Å². The van der Waals surface area contributed by atoms with Gasteiger partial charge in [0.1, 0.15) is 0 Å². The Balaban J connectivity index is 1.88. The Morgan fingerprint density at radius 1 is 1.10 bits per heavy atom. The minimum atomic E-state index is 0.00469. The fraction of sp³-hybridized carbons (Fsp3) is 1.00. The number of nitrogens with zero attached hydrogens (tertiary/aromatic N) is 1. The number of likely N-dealkylation sites (tertiary alicyclic amines) is 1. The summed E-state index contributed by atoms with van der Waals surface area (Å²) in [6, 6.07) is 0.688. The van der Waals surface area contributed by atoms with Crippen LogP contribution in [0.5, 0.6) is 0 Å². The quantitative estimate of drug-likeness (QED) is 0.757. The van der Waals surface area contributed by atoms with Crippen molar-refractivity contribution in [3.63, 3.8) is 0 Å². The van der Waals surface area contributed by atoms with Gasteiger partial charge in [-0.3, -0.25) is 0 Å². The first-order chi connectivity index (χ1) is 10.1. The van der Waals surface area contributed by atoms with Gasteiger partial charge in [-0.15, -0.1) is 0 Å². The van der Waals surface area contributed by atoms with Gasteiger partial charge in [0.2, 0.25) is 0 Å². The van der Waals surface area contributed by atoms with Crippen molar-refractivity contribution < 1.29 is 5.11 Å². The SMILES string of the molecule is CCCNC1(CO)CCC(N2CCC(CC)(CC)CC2)C1. The van der Waals surface area contributed by atoms with Crippen molar-refractivity contribution in [2.45, 2.75) is 83.7 Å². The van der Waals surface area contributed by atoms with Gasteiger partial charge in [0.25, 0.3) is 0 Å². The Kier molecular flexibility index (Phi) is 6.10. The lowest BCUT2D eigenvalue weighted by Gasteiger charge is -2.43. The molecule has 3 nitrogen and oxygen atoms in total. The average molecular weight is 296 g/mol. The number of aliphatic hydroxyl groups is 1. The average Bonchev–Trinajstić information content (AvgIpc) is 2.98. The highest BCUT2D eigenvalue weighted by Gasteiger charge is 2.42. The summed E-state index contributed by atoms with van der Waals surface area (Å²) in [4.78, 5) is 2.72. The molecule has 2 atom stereocenters. The largest absolute Gasteiger partial charge is 0.394 e. The summed E-state index contributed by atoms with van der Waals surface area (Å²) < 4.78 is 0. The molecule has 1 heterocycles. The molecule has 0 radical (unpaired) electrons. The summed E-state index contributed by atoms with van der Waals surface area (Å²) in [5.41, 5.74) is 0.619. The molecular weight excluding hydrogens is 260 g/mol. The zero-order chi connectivity index (χ0) is 15.3. The van der Waals surface area contributed by atoms with E-state index in [0.717, 1.165) is 25.8 Å². The molecule has 1 aliphatic heterocycles. The Labute approximate surface area is 131 Å². The Morgan fingerprint density at radius 3 is 2.29 bits per heavy atom. The third kappa shape index (κ3) is 3.80. The fourth-order valence-electron chi connectivity index (χ4n) is 4.48. The van der Waals surface area contributed by atoms with E-state index in [9.17, 15) is 5.11 Å². The molecule has 1 aliphatic carbocycles. The van der Waals surface area contributed by atoms with Crippen molar-refractivity contribution in [3.05, 3.63) is 0 Å². The maximum Gasteiger partial charge on any atom is 0.0613 e. The zero-order valence-corrected chi connectivity index (χ0v) is 14.5. The summed E-state index contributed by atoms with van der Waals surface area (Å²) in [5, 5.41) is 13.5. The molecule has 2 fully saturated rings. The van der Waals surface area contributed by atoms with E-state index in [-0.39, 0.29) is 5.54 Å². The molecule has 2 aliphatic rings. The Morgan fingerprint density at radius 2 is 1.76 bits per heavy atom. The molecule has 21 heavy (non-hydrogen) atoms. The van der Waals surface area contributed by atoms with Gasteiger partial charge < -0.3 is 15.3 Å². The summed E-state index contributed by atoms with van der Waals surface area (Å²) in [5.74, 6) is 0. The second kappa shape index (κ2) is 7.43. The first-order valence-corrected chi connectivity index (χ1v) is 9.22. The second-order valence-electron chi connectivity index (χ2n) is 7.50. The first-order valence-electron chi connectivity index (χ1n) is 9.22. The van der Waals surface area contributed by atoms with E-state index in [4.69, 9.17) is 0 Å². The predicted molar refractivity (Wildman–Crippen MR) is 89.6 cm³/mol. The van der Waals surface area contributed by atoms with Crippen molar-refractivity contribution in [1.29, 1.82) is 0 Å². The fourth-order valence-corrected chi connectivity index (χ4v) is 4.48. The Hall–Kier alpha value is -0.120. The topological polar surface area (TPSA) is 35.5 Å². The molecule has 1 saturated heterocycles.